The molecule has 1 aromatic carbocycles. The summed E-state index contributed by atoms with van der Waals surface area (Å²) in [4.78, 5) is 36.7. The van der Waals surface area contributed by atoms with Crippen molar-refractivity contribution in [2.75, 3.05) is 11.9 Å². The fourth-order valence-electron chi connectivity index (χ4n) is 2.34. The summed E-state index contributed by atoms with van der Waals surface area (Å²) in [6.45, 7) is 0.0900. The molecule has 26 heavy (non-hydrogen) atoms. The molecule has 1 atom stereocenters. The SMILES string of the molecule is O=C(CNC(=O)CC1Sc2ccc(Cl)cc2NC1=O)NCc1ccco1. The molecule has 0 radical (unpaired) electrons. The van der Waals surface area contributed by atoms with Crippen molar-refractivity contribution in [2.45, 2.75) is 23.1 Å². The maximum atomic E-state index is 12.1. The lowest BCUT2D eigenvalue weighted by Crippen LogP contribution is -2.39. The zero-order valence-electron chi connectivity index (χ0n) is 13.6. The Labute approximate surface area is 158 Å². The average molecular weight is 394 g/mol. The molecular weight excluding hydrogens is 378 g/mol. The minimum absolute atomic E-state index is 0.0238. The number of anilines is 1. The van der Waals surface area contributed by atoms with Gasteiger partial charge in [-0.05, 0) is 30.3 Å². The lowest BCUT2D eigenvalue weighted by Gasteiger charge is -2.23. The normalized spacial score (nSPS) is 15.7. The first-order valence-electron chi connectivity index (χ1n) is 7.84. The minimum atomic E-state index is -0.560. The quantitative estimate of drug-likeness (QED) is 0.698. The highest BCUT2D eigenvalue weighted by Crippen LogP contribution is 2.38. The summed E-state index contributed by atoms with van der Waals surface area (Å²) in [5.74, 6) is -0.348. The van der Waals surface area contributed by atoms with Crippen LogP contribution in [0.2, 0.25) is 5.02 Å². The van der Waals surface area contributed by atoms with Crippen molar-refractivity contribution in [3.63, 3.8) is 0 Å². The average Bonchev–Trinajstić information content (AvgIpc) is 3.12. The lowest BCUT2D eigenvalue weighted by molar-refractivity contribution is -0.127. The third-order valence-corrected chi connectivity index (χ3v) is 5.13. The predicted octanol–water partition coefficient (Wildman–Crippen LogP) is 2.17. The van der Waals surface area contributed by atoms with Crippen molar-refractivity contribution in [3.05, 3.63) is 47.4 Å². The summed E-state index contributed by atoms with van der Waals surface area (Å²) in [5.41, 5.74) is 0.640. The molecule has 0 fully saturated rings. The first-order chi connectivity index (χ1) is 12.5. The van der Waals surface area contributed by atoms with E-state index in [1.807, 2.05) is 0 Å². The van der Waals surface area contributed by atoms with Crippen LogP contribution < -0.4 is 16.0 Å². The Bertz CT molecular complexity index is 825. The molecule has 0 aliphatic carbocycles. The molecule has 3 rings (SSSR count). The zero-order chi connectivity index (χ0) is 18.5. The number of hydrogen-bond acceptors (Lipinski definition) is 5. The fourth-order valence-corrected chi connectivity index (χ4v) is 3.60. The van der Waals surface area contributed by atoms with Gasteiger partial charge in [0.05, 0.1) is 30.3 Å². The van der Waals surface area contributed by atoms with Crippen LogP contribution in [0.25, 0.3) is 0 Å². The number of amides is 3. The van der Waals surface area contributed by atoms with Gasteiger partial charge in [-0.2, -0.15) is 0 Å². The van der Waals surface area contributed by atoms with Crippen molar-refractivity contribution < 1.29 is 18.8 Å². The van der Waals surface area contributed by atoms with Crippen LogP contribution in [0.3, 0.4) is 0 Å². The van der Waals surface area contributed by atoms with Gasteiger partial charge in [-0.25, -0.2) is 0 Å². The molecule has 2 heterocycles. The summed E-state index contributed by atoms with van der Waals surface area (Å²) in [6, 6.07) is 8.66. The van der Waals surface area contributed by atoms with Gasteiger partial charge in [0.1, 0.15) is 5.76 Å². The third kappa shape index (κ3) is 4.80. The van der Waals surface area contributed by atoms with Gasteiger partial charge >= 0.3 is 0 Å². The van der Waals surface area contributed by atoms with E-state index >= 15 is 0 Å². The highest BCUT2D eigenvalue weighted by molar-refractivity contribution is 8.01. The topological polar surface area (TPSA) is 100 Å². The van der Waals surface area contributed by atoms with Crippen molar-refractivity contribution >= 4 is 46.8 Å². The van der Waals surface area contributed by atoms with E-state index in [9.17, 15) is 14.4 Å². The van der Waals surface area contributed by atoms with Crippen molar-refractivity contribution in [1.29, 1.82) is 0 Å². The van der Waals surface area contributed by atoms with Crippen LogP contribution in [0.15, 0.2) is 45.9 Å². The molecule has 2 aromatic rings. The number of thioether (sulfide) groups is 1. The molecule has 0 spiro atoms. The first kappa shape index (κ1) is 18.3. The molecule has 1 unspecified atom stereocenters. The van der Waals surface area contributed by atoms with Crippen LogP contribution in [0.1, 0.15) is 12.2 Å². The van der Waals surface area contributed by atoms with Gasteiger partial charge in [0.2, 0.25) is 17.7 Å². The number of carbonyl (C=O) groups excluding carboxylic acids is 3. The smallest absolute Gasteiger partial charge is 0.239 e. The summed E-state index contributed by atoms with van der Waals surface area (Å²) >= 11 is 7.21. The van der Waals surface area contributed by atoms with Gasteiger partial charge in [0, 0.05) is 16.3 Å². The number of carbonyl (C=O) groups is 3. The van der Waals surface area contributed by atoms with E-state index < -0.39 is 5.25 Å². The second-order valence-corrected chi connectivity index (χ2v) is 7.25. The van der Waals surface area contributed by atoms with Gasteiger partial charge in [0.15, 0.2) is 0 Å². The van der Waals surface area contributed by atoms with Crippen LogP contribution in [-0.4, -0.2) is 29.5 Å². The molecule has 0 saturated carbocycles. The van der Waals surface area contributed by atoms with Gasteiger partial charge in [0.25, 0.3) is 0 Å². The standard InChI is InChI=1S/C17H16ClN3O4S/c18-10-3-4-13-12(6-10)21-17(24)14(26-13)7-15(22)20-9-16(23)19-8-11-2-1-5-25-11/h1-6,14H,7-9H2,(H,19,23)(H,20,22)(H,21,24). The number of furan rings is 1. The summed E-state index contributed by atoms with van der Waals surface area (Å²) in [5, 5.41) is 7.86. The number of fused-ring (bicyclic) bond motifs is 1. The second-order valence-electron chi connectivity index (χ2n) is 5.57. The Morgan fingerprint density at radius 2 is 2.08 bits per heavy atom. The van der Waals surface area contributed by atoms with E-state index in [0.29, 0.717) is 16.5 Å². The lowest BCUT2D eigenvalue weighted by atomic mass is 10.2. The highest BCUT2D eigenvalue weighted by Gasteiger charge is 2.29. The van der Waals surface area contributed by atoms with E-state index in [1.165, 1.54) is 18.0 Å². The van der Waals surface area contributed by atoms with Crippen LogP contribution in [-0.2, 0) is 20.9 Å². The molecule has 1 aliphatic rings. The minimum Gasteiger partial charge on any atom is -0.467 e. The van der Waals surface area contributed by atoms with Gasteiger partial charge in [-0.15, -0.1) is 11.8 Å². The van der Waals surface area contributed by atoms with Crippen LogP contribution in [0.4, 0.5) is 5.69 Å². The Kier molecular flexibility index (Phi) is 5.85. The third-order valence-electron chi connectivity index (χ3n) is 3.62. The second kappa shape index (κ2) is 8.29. The summed E-state index contributed by atoms with van der Waals surface area (Å²) < 4.78 is 5.10. The van der Waals surface area contributed by atoms with Crippen LogP contribution in [0.5, 0.6) is 0 Å². The van der Waals surface area contributed by atoms with Gasteiger partial charge < -0.3 is 20.4 Å². The Morgan fingerprint density at radius 1 is 1.23 bits per heavy atom. The van der Waals surface area contributed by atoms with E-state index in [0.717, 1.165) is 4.90 Å². The van der Waals surface area contributed by atoms with Crippen molar-refractivity contribution in [1.82, 2.24) is 10.6 Å². The Hall–Kier alpha value is -2.45. The van der Waals surface area contributed by atoms with E-state index in [4.69, 9.17) is 16.0 Å². The van der Waals surface area contributed by atoms with E-state index in [-0.39, 0.29) is 37.2 Å². The van der Waals surface area contributed by atoms with Crippen molar-refractivity contribution in [3.8, 4) is 0 Å². The monoisotopic (exact) mass is 393 g/mol. The summed E-state index contributed by atoms with van der Waals surface area (Å²) in [6.07, 6.45) is 1.49. The fraction of sp³-hybridized carbons (Fsp3) is 0.235. The maximum Gasteiger partial charge on any atom is 0.239 e. The molecule has 0 bridgehead atoms. The van der Waals surface area contributed by atoms with Gasteiger partial charge in [-0.3, -0.25) is 14.4 Å². The number of hydrogen-bond donors (Lipinski definition) is 3. The zero-order valence-corrected chi connectivity index (χ0v) is 15.2. The molecule has 7 nitrogen and oxygen atoms in total. The number of rotatable bonds is 6. The molecule has 3 N–H and O–H groups in total. The number of nitrogens with one attached hydrogen (secondary N) is 3. The van der Waals surface area contributed by atoms with E-state index in [1.54, 1.807) is 30.3 Å². The Balaban J connectivity index is 1.45. The van der Waals surface area contributed by atoms with E-state index in [2.05, 4.69) is 16.0 Å². The first-order valence-corrected chi connectivity index (χ1v) is 9.10. The number of halogens is 1. The number of benzene rings is 1. The maximum absolute atomic E-state index is 12.1. The molecule has 1 aliphatic heterocycles. The van der Waals surface area contributed by atoms with Gasteiger partial charge in [-0.1, -0.05) is 11.6 Å². The van der Waals surface area contributed by atoms with Crippen LogP contribution >= 0.6 is 23.4 Å². The molecular formula is C17H16ClN3O4S. The molecule has 1 aromatic heterocycles. The largest absolute Gasteiger partial charge is 0.467 e. The highest BCUT2D eigenvalue weighted by atomic mass is 35.5. The van der Waals surface area contributed by atoms with Crippen LogP contribution in [0, 0.1) is 0 Å². The summed E-state index contributed by atoms with van der Waals surface area (Å²) in [7, 11) is 0. The molecule has 3 amide bonds. The Morgan fingerprint density at radius 3 is 2.85 bits per heavy atom. The molecule has 9 heteroatoms. The predicted molar refractivity (Wildman–Crippen MR) is 97.9 cm³/mol. The molecule has 136 valence electrons. The van der Waals surface area contributed by atoms with Crippen molar-refractivity contribution in [2.24, 2.45) is 0 Å². The molecule has 0 saturated heterocycles.